The van der Waals surface area contributed by atoms with Crippen molar-refractivity contribution >= 4 is 0 Å². The molecule has 0 aromatic carbocycles. The first kappa shape index (κ1) is 9.27. The molecule has 0 aromatic heterocycles. The highest BCUT2D eigenvalue weighted by atomic mass is 14.8. The quantitative estimate of drug-likeness (QED) is 0.659. The van der Waals surface area contributed by atoms with Crippen LogP contribution in [0, 0.1) is 0 Å². The van der Waals surface area contributed by atoms with Gasteiger partial charge in [0.2, 0.25) is 0 Å². The van der Waals surface area contributed by atoms with Crippen LogP contribution in [0.1, 0.15) is 20.3 Å². The smallest absolute Gasteiger partial charge is 0.0210 e. The molecule has 1 N–H and O–H groups in total. The molecule has 0 aromatic rings. The molecule has 1 aliphatic rings. The Morgan fingerprint density at radius 1 is 1.58 bits per heavy atom. The van der Waals surface area contributed by atoms with Crippen LogP contribution in [0.25, 0.3) is 0 Å². The van der Waals surface area contributed by atoms with Gasteiger partial charge in [0.1, 0.15) is 0 Å². The van der Waals surface area contributed by atoms with Crippen molar-refractivity contribution in [1.82, 2.24) is 5.32 Å². The Balaban J connectivity index is 2.70. The molecule has 0 unspecified atom stereocenters. The average Bonchev–Trinajstić information content (AvgIpc) is 2.27. The van der Waals surface area contributed by atoms with Gasteiger partial charge in [-0.25, -0.2) is 0 Å². The first-order chi connectivity index (χ1) is 5.84. The molecule has 1 heterocycles. The fourth-order valence-corrected chi connectivity index (χ4v) is 1.22. The van der Waals surface area contributed by atoms with Crippen LogP contribution in [0.2, 0.25) is 0 Å². The summed E-state index contributed by atoms with van der Waals surface area (Å²) in [4.78, 5) is 0. The molecule has 12 heavy (non-hydrogen) atoms. The Bertz CT molecular complexity index is 221. The van der Waals surface area contributed by atoms with Gasteiger partial charge in [0, 0.05) is 13.1 Å². The zero-order chi connectivity index (χ0) is 8.81. The lowest BCUT2D eigenvalue weighted by Crippen LogP contribution is -2.15. The second-order valence-corrected chi connectivity index (χ2v) is 3.05. The van der Waals surface area contributed by atoms with Crippen molar-refractivity contribution in [2.75, 3.05) is 13.1 Å². The normalized spacial score (nSPS) is 18.8. The number of rotatable bonds is 2. The third kappa shape index (κ3) is 2.67. The van der Waals surface area contributed by atoms with E-state index in [4.69, 9.17) is 0 Å². The number of hydrogen-bond donors (Lipinski definition) is 1. The van der Waals surface area contributed by atoms with Crippen LogP contribution in [0.5, 0.6) is 0 Å². The molecule has 66 valence electrons. The van der Waals surface area contributed by atoms with E-state index in [2.05, 4.69) is 43.5 Å². The molecule has 0 fully saturated rings. The Morgan fingerprint density at radius 3 is 3.17 bits per heavy atom. The minimum Gasteiger partial charge on any atom is -0.309 e. The van der Waals surface area contributed by atoms with E-state index in [1.165, 1.54) is 11.1 Å². The van der Waals surface area contributed by atoms with Gasteiger partial charge in [-0.15, -0.1) is 0 Å². The number of hydrogen-bond acceptors (Lipinski definition) is 1. The zero-order valence-electron chi connectivity index (χ0n) is 7.93. The summed E-state index contributed by atoms with van der Waals surface area (Å²) in [5.74, 6) is 0. The first-order valence-electron chi connectivity index (χ1n) is 4.58. The molecular formula is C11H17N. The molecule has 1 rings (SSSR count). The highest BCUT2D eigenvalue weighted by molar-refractivity contribution is 5.34. The van der Waals surface area contributed by atoms with Gasteiger partial charge in [0.25, 0.3) is 0 Å². The van der Waals surface area contributed by atoms with Crippen LogP contribution < -0.4 is 5.32 Å². The lowest BCUT2D eigenvalue weighted by Gasteiger charge is -2.02. The van der Waals surface area contributed by atoms with Crippen LogP contribution in [0.3, 0.4) is 0 Å². The van der Waals surface area contributed by atoms with E-state index in [1.807, 2.05) is 0 Å². The molecule has 0 radical (unpaired) electrons. The van der Waals surface area contributed by atoms with Gasteiger partial charge in [-0.1, -0.05) is 31.2 Å². The Hall–Kier alpha value is -0.820. The van der Waals surface area contributed by atoms with Crippen molar-refractivity contribution in [3.8, 4) is 0 Å². The Labute approximate surface area is 74.9 Å². The molecule has 0 saturated heterocycles. The molecule has 1 nitrogen and oxygen atoms in total. The average molecular weight is 163 g/mol. The van der Waals surface area contributed by atoms with Gasteiger partial charge in [-0.2, -0.15) is 0 Å². The highest BCUT2D eigenvalue weighted by Crippen LogP contribution is 2.08. The van der Waals surface area contributed by atoms with Gasteiger partial charge in [-0.3, -0.25) is 0 Å². The number of nitrogens with one attached hydrogen (secondary N) is 1. The maximum absolute atomic E-state index is 3.34. The number of allylic oxidation sites excluding steroid dienone is 3. The van der Waals surface area contributed by atoms with Crippen molar-refractivity contribution in [3.63, 3.8) is 0 Å². The summed E-state index contributed by atoms with van der Waals surface area (Å²) in [6.45, 7) is 6.31. The van der Waals surface area contributed by atoms with E-state index in [0.717, 1.165) is 19.5 Å². The summed E-state index contributed by atoms with van der Waals surface area (Å²) in [7, 11) is 0. The van der Waals surface area contributed by atoms with E-state index in [0.29, 0.717) is 0 Å². The summed E-state index contributed by atoms with van der Waals surface area (Å²) >= 11 is 0. The predicted molar refractivity (Wildman–Crippen MR) is 54.1 cm³/mol. The van der Waals surface area contributed by atoms with Crippen LogP contribution in [-0.2, 0) is 0 Å². The van der Waals surface area contributed by atoms with Crippen LogP contribution in [0.15, 0.2) is 35.5 Å². The van der Waals surface area contributed by atoms with Crippen molar-refractivity contribution in [3.05, 3.63) is 35.5 Å². The lowest BCUT2D eigenvalue weighted by atomic mass is 10.1. The minimum atomic E-state index is 0.987. The molecule has 0 bridgehead atoms. The van der Waals surface area contributed by atoms with E-state index >= 15 is 0 Å². The maximum atomic E-state index is 3.34. The lowest BCUT2D eigenvalue weighted by molar-refractivity contribution is 0.829. The van der Waals surface area contributed by atoms with Crippen LogP contribution in [0.4, 0.5) is 0 Å². The highest BCUT2D eigenvalue weighted by Gasteiger charge is 1.98. The van der Waals surface area contributed by atoms with Gasteiger partial charge < -0.3 is 5.32 Å². The molecule has 1 aliphatic heterocycles. The van der Waals surface area contributed by atoms with E-state index < -0.39 is 0 Å². The summed E-state index contributed by atoms with van der Waals surface area (Å²) < 4.78 is 0. The molecule has 0 saturated carbocycles. The second-order valence-electron chi connectivity index (χ2n) is 3.05. The van der Waals surface area contributed by atoms with E-state index in [1.54, 1.807) is 0 Å². The predicted octanol–water partition coefficient (Wildman–Crippen LogP) is 2.43. The molecule has 0 amide bonds. The van der Waals surface area contributed by atoms with E-state index in [9.17, 15) is 0 Å². The standard InChI is InChI=1S/C11H17N/c1-3-4-7-11-9-12-8-5-6-10(11)2/h4-7,12H,3,8-9H2,1-2H3/b7-4-. The molecular weight excluding hydrogens is 146 g/mol. The van der Waals surface area contributed by atoms with Crippen molar-refractivity contribution in [2.45, 2.75) is 20.3 Å². The van der Waals surface area contributed by atoms with Crippen LogP contribution in [-0.4, -0.2) is 13.1 Å². The minimum absolute atomic E-state index is 0.987. The SMILES string of the molecule is CC/C=C\C1=C(C)C=CCNC1. The van der Waals surface area contributed by atoms with Crippen molar-refractivity contribution < 1.29 is 0 Å². The van der Waals surface area contributed by atoms with Crippen molar-refractivity contribution in [1.29, 1.82) is 0 Å². The summed E-state index contributed by atoms with van der Waals surface area (Å²) in [5.41, 5.74) is 2.79. The summed E-state index contributed by atoms with van der Waals surface area (Å²) in [6.07, 6.45) is 9.90. The molecule has 0 atom stereocenters. The topological polar surface area (TPSA) is 12.0 Å². The fourth-order valence-electron chi connectivity index (χ4n) is 1.22. The Kier molecular flexibility index (Phi) is 3.81. The summed E-state index contributed by atoms with van der Waals surface area (Å²) in [5, 5.41) is 3.34. The van der Waals surface area contributed by atoms with Gasteiger partial charge >= 0.3 is 0 Å². The molecule has 0 spiro atoms. The van der Waals surface area contributed by atoms with Gasteiger partial charge in [0.15, 0.2) is 0 Å². The van der Waals surface area contributed by atoms with E-state index in [-0.39, 0.29) is 0 Å². The van der Waals surface area contributed by atoms with Crippen molar-refractivity contribution in [2.24, 2.45) is 0 Å². The third-order valence-corrected chi connectivity index (χ3v) is 2.01. The largest absolute Gasteiger partial charge is 0.309 e. The fraction of sp³-hybridized carbons (Fsp3) is 0.455. The summed E-state index contributed by atoms with van der Waals surface area (Å²) in [6, 6.07) is 0. The monoisotopic (exact) mass is 163 g/mol. The maximum Gasteiger partial charge on any atom is 0.0210 e. The molecule has 1 heteroatoms. The van der Waals surface area contributed by atoms with Gasteiger partial charge in [-0.05, 0) is 24.5 Å². The second kappa shape index (κ2) is 4.94. The van der Waals surface area contributed by atoms with Gasteiger partial charge in [0.05, 0.1) is 0 Å². The zero-order valence-corrected chi connectivity index (χ0v) is 7.93. The third-order valence-electron chi connectivity index (χ3n) is 2.01. The van der Waals surface area contributed by atoms with Crippen LogP contribution >= 0.6 is 0 Å². The molecule has 0 aliphatic carbocycles. The Morgan fingerprint density at radius 2 is 2.42 bits per heavy atom. The first-order valence-corrected chi connectivity index (χ1v) is 4.58.